The van der Waals surface area contributed by atoms with Gasteiger partial charge in [-0.1, -0.05) is 34.5 Å². The van der Waals surface area contributed by atoms with Crippen LogP contribution in [0.5, 0.6) is 0 Å². The number of hydrogen-bond acceptors (Lipinski definition) is 5. The zero-order valence-electron chi connectivity index (χ0n) is 17.4. The number of likely N-dealkylation sites (tertiary alicyclic amines) is 1. The standard InChI is InChI=1S/C21H27BrN6O2/c1-25-18-17(19(29)26(2)21(25)30)28(14-15-7-6-8-16(22)13-15)20(24-18)23-9-12-27-10-4-3-5-11-27/h6-8,13H,3-5,9-12,14H2,1-2H3,(H,23,24). The van der Waals surface area contributed by atoms with Crippen molar-refractivity contribution in [2.24, 2.45) is 14.1 Å². The van der Waals surface area contributed by atoms with Gasteiger partial charge in [0, 0.05) is 31.7 Å². The van der Waals surface area contributed by atoms with Gasteiger partial charge >= 0.3 is 5.69 Å². The van der Waals surface area contributed by atoms with E-state index < -0.39 is 0 Å². The van der Waals surface area contributed by atoms with Gasteiger partial charge in [0.2, 0.25) is 5.95 Å². The lowest BCUT2D eigenvalue weighted by Crippen LogP contribution is -2.37. The molecule has 3 heterocycles. The highest BCUT2D eigenvalue weighted by Crippen LogP contribution is 2.20. The highest BCUT2D eigenvalue weighted by Gasteiger charge is 2.19. The highest BCUT2D eigenvalue weighted by molar-refractivity contribution is 9.10. The second kappa shape index (κ2) is 8.77. The molecule has 0 bridgehead atoms. The Morgan fingerprint density at radius 3 is 2.60 bits per heavy atom. The zero-order valence-corrected chi connectivity index (χ0v) is 19.0. The van der Waals surface area contributed by atoms with Crippen LogP contribution in [0.1, 0.15) is 24.8 Å². The number of piperidine rings is 1. The molecule has 160 valence electrons. The summed E-state index contributed by atoms with van der Waals surface area (Å²) in [5.74, 6) is 0.611. The summed E-state index contributed by atoms with van der Waals surface area (Å²) >= 11 is 3.51. The van der Waals surface area contributed by atoms with Crippen molar-refractivity contribution < 1.29 is 0 Å². The van der Waals surface area contributed by atoms with E-state index >= 15 is 0 Å². The topological polar surface area (TPSA) is 77.1 Å². The van der Waals surface area contributed by atoms with Crippen molar-refractivity contribution in [3.05, 3.63) is 55.1 Å². The third-order valence-corrected chi connectivity index (χ3v) is 6.23. The van der Waals surface area contributed by atoms with Gasteiger partial charge in [0.1, 0.15) is 0 Å². The van der Waals surface area contributed by atoms with Crippen LogP contribution >= 0.6 is 15.9 Å². The van der Waals surface area contributed by atoms with Crippen molar-refractivity contribution >= 4 is 33.0 Å². The van der Waals surface area contributed by atoms with E-state index in [1.807, 2.05) is 28.8 Å². The fourth-order valence-corrected chi connectivity index (χ4v) is 4.51. The van der Waals surface area contributed by atoms with Crippen LogP contribution in [0.15, 0.2) is 38.3 Å². The average Bonchev–Trinajstić information content (AvgIpc) is 3.10. The number of imidazole rings is 1. The summed E-state index contributed by atoms with van der Waals surface area (Å²) in [5.41, 5.74) is 1.16. The van der Waals surface area contributed by atoms with Crippen molar-refractivity contribution in [3.8, 4) is 0 Å². The Bertz CT molecular complexity index is 1170. The molecule has 3 aromatic rings. The first-order valence-electron chi connectivity index (χ1n) is 10.3. The van der Waals surface area contributed by atoms with Crippen LogP contribution < -0.4 is 16.6 Å². The Morgan fingerprint density at radius 2 is 1.87 bits per heavy atom. The summed E-state index contributed by atoms with van der Waals surface area (Å²) < 4.78 is 5.43. The molecule has 0 unspecified atom stereocenters. The number of benzene rings is 1. The monoisotopic (exact) mass is 474 g/mol. The molecule has 8 nitrogen and oxygen atoms in total. The number of aromatic nitrogens is 4. The largest absolute Gasteiger partial charge is 0.354 e. The Morgan fingerprint density at radius 1 is 1.10 bits per heavy atom. The predicted octanol–water partition coefficient (Wildman–Crippen LogP) is 2.14. The second-order valence-corrected chi connectivity index (χ2v) is 8.77. The third-order valence-electron chi connectivity index (χ3n) is 5.74. The molecule has 0 amide bonds. The number of fused-ring (bicyclic) bond motifs is 1. The summed E-state index contributed by atoms with van der Waals surface area (Å²) in [6, 6.07) is 7.97. The molecule has 0 spiro atoms. The molecule has 1 N–H and O–H groups in total. The molecule has 0 aliphatic carbocycles. The van der Waals surface area contributed by atoms with Gasteiger partial charge in [-0.3, -0.25) is 18.5 Å². The van der Waals surface area contributed by atoms with E-state index in [9.17, 15) is 9.59 Å². The zero-order chi connectivity index (χ0) is 21.3. The van der Waals surface area contributed by atoms with E-state index in [1.54, 1.807) is 7.05 Å². The van der Waals surface area contributed by atoms with Crippen LogP contribution in [-0.4, -0.2) is 49.8 Å². The molecule has 0 atom stereocenters. The van der Waals surface area contributed by atoms with Crippen molar-refractivity contribution in [1.29, 1.82) is 0 Å². The molecule has 1 aromatic carbocycles. The minimum atomic E-state index is -0.375. The molecule has 2 aromatic heterocycles. The Labute approximate surface area is 183 Å². The maximum absolute atomic E-state index is 13.0. The normalized spacial score (nSPS) is 15.0. The number of nitrogens with zero attached hydrogens (tertiary/aromatic N) is 5. The van der Waals surface area contributed by atoms with Crippen LogP contribution in [0.25, 0.3) is 11.2 Å². The van der Waals surface area contributed by atoms with Crippen LogP contribution in [0.4, 0.5) is 5.95 Å². The van der Waals surface area contributed by atoms with E-state index in [4.69, 9.17) is 0 Å². The summed E-state index contributed by atoms with van der Waals surface area (Å²) in [7, 11) is 3.15. The summed E-state index contributed by atoms with van der Waals surface area (Å²) in [4.78, 5) is 32.4. The Kier molecular flexibility index (Phi) is 6.10. The lowest BCUT2D eigenvalue weighted by atomic mass is 10.1. The molecule has 1 aliphatic rings. The first-order valence-corrected chi connectivity index (χ1v) is 11.1. The number of aryl methyl sites for hydroxylation is 1. The number of rotatable bonds is 6. The molecule has 1 saturated heterocycles. The molecule has 0 saturated carbocycles. The number of anilines is 1. The van der Waals surface area contributed by atoms with Crippen LogP contribution in [0.3, 0.4) is 0 Å². The quantitative estimate of drug-likeness (QED) is 0.592. The molecule has 4 rings (SSSR count). The van der Waals surface area contributed by atoms with E-state index in [1.165, 1.54) is 30.9 Å². The Hall–Kier alpha value is -2.39. The van der Waals surface area contributed by atoms with Crippen molar-refractivity contribution in [1.82, 2.24) is 23.6 Å². The average molecular weight is 475 g/mol. The first kappa shape index (κ1) is 20.9. The second-order valence-electron chi connectivity index (χ2n) is 7.86. The molecule has 1 aliphatic heterocycles. The van der Waals surface area contributed by atoms with Crippen LogP contribution in [-0.2, 0) is 20.6 Å². The third kappa shape index (κ3) is 4.09. The minimum Gasteiger partial charge on any atom is -0.354 e. The summed E-state index contributed by atoms with van der Waals surface area (Å²) in [6.45, 7) is 4.40. The summed E-state index contributed by atoms with van der Waals surface area (Å²) in [6.07, 6.45) is 3.81. The van der Waals surface area contributed by atoms with Crippen LogP contribution in [0.2, 0.25) is 0 Å². The van der Waals surface area contributed by atoms with Gasteiger partial charge < -0.3 is 10.2 Å². The number of hydrogen-bond donors (Lipinski definition) is 1. The molecule has 0 radical (unpaired) electrons. The van der Waals surface area contributed by atoms with E-state index in [-0.39, 0.29) is 11.2 Å². The lowest BCUT2D eigenvalue weighted by molar-refractivity contribution is 0.237. The first-order chi connectivity index (χ1) is 14.5. The van der Waals surface area contributed by atoms with Crippen molar-refractivity contribution in [3.63, 3.8) is 0 Å². The highest BCUT2D eigenvalue weighted by atomic mass is 79.9. The minimum absolute atomic E-state index is 0.334. The van der Waals surface area contributed by atoms with Crippen molar-refractivity contribution in [2.45, 2.75) is 25.8 Å². The van der Waals surface area contributed by atoms with E-state index in [0.717, 1.165) is 40.8 Å². The van der Waals surface area contributed by atoms with E-state index in [0.29, 0.717) is 23.7 Å². The fourth-order valence-electron chi connectivity index (χ4n) is 4.06. The van der Waals surface area contributed by atoms with Crippen molar-refractivity contribution in [2.75, 3.05) is 31.5 Å². The molecule has 9 heteroatoms. The van der Waals surface area contributed by atoms with Gasteiger partial charge in [0.25, 0.3) is 5.56 Å². The smallest absolute Gasteiger partial charge is 0.332 e. The fraction of sp³-hybridized carbons (Fsp3) is 0.476. The number of halogens is 1. The lowest BCUT2D eigenvalue weighted by Gasteiger charge is -2.26. The number of nitrogens with one attached hydrogen (secondary N) is 1. The molecular formula is C21H27BrN6O2. The SMILES string of the molecule is Cn1c(=O)c2c(nc(NCCN3CCCCC3)n2Cc2cccc(Br)c2)n(C)c1=O. The Balaban J connectivity index is 1.72. The van der Waals surface area contributed by atoms with Gasteiger partial charge in [-0.2, -0.15) is 4.98 Å². The van der Waals surface area contributed by atoms with E-state index in [2.05, 4.69) is 31.1 Å². The van der Waals surface area contributed by atoms with Gasteiger partial charge in [0.05, 0.1) is 6.54 Å². The van der Waals surface area contributed by atoms with Gasteiger partial charge in [0.15, 0.2) is 11.2 Å². The predicted molar refractivity (Wildman–Crippen MR) is 122 cm³/mol. The maximum Gasteiger partial charge on any atom is 0.332 e. The molecule has 30 heavy (non-hydrogen) atoms. The maximum atomic E-state index is 13.0. The van der Waals surface area contributed by atoms with Gasteiger partial charge in [-0.25, -0.2) is 4.79 Å². The van der Waals surface area contributed by atoms with Crippen LogP contribution in [0, 0.1) is 0 Å². The molecule has 1 fully saturated rings. The molecular weight excluding hydrogens is 448 g/mol. The van der Waals surface area contributed by atoms with Gasteiger partial charge in [-0.15, -0.1) is 0 Å². The van der Waals surface area contributed by atoms with Gasteiger partial charge in [-0.05, 0) is 43.6 Å². The summed E-state index contributed by atoms with van der Waals surface area (Å²) in [5, 5.41) is 3.41.